The lowest BCUT2D eigenvalue weighted by Gasteiger charge is -2.16. The van der Waals surface area contributed by atoms with Crippen LogP contribution in [0.15, 0.2) is 24.3 Å². The van der Waals surface area contributed by atoms with Crippen molar-refractivity contribution in [2.45, 2.75) is 13.8 Å². The highest BCUT2D eigenvalue weighted by Crippen LogP contribution is 2.47. The van der Waals surface area contributed by atoms with Crippen LogP contribution in [0.1, 0.15) is 13.8 Å². The molecular formula is C12H17ClNO4P. The number of benzene rings is 1. The molecule has 0 saturated carbocycles. The van der Waals surface area contributed by atoms with E-state index in [1.807, 2.05) is 0 Å². The molecule has 0 atom stereocenters. The van der Waals surface area contributed by atoms with Crippen LogP contribution in [0.4, 0.5) is 5.69 Å². The average molecular weight is 306 g/mol. The van der Waals surface area contributed by atoms with Gasteiger partial charge in [-0.1, -0.05) is 11.6 Å². The number of carbonyl (C=O) groups excluding carboxylic acids is 1. The van der Waals surface area contributed by atoms with Gasteiger partial charge in [0, 0.05) is 10.7 Å². The van der Waals surface area contributed by atoms with Gasteiger partial charge in [-0.15, -0.1) is 0 Å². The second-order valence-corrected chi connectivity index (χ2v) is 6.15. The van der Waals surface area contributed by atoms with Crippen molar-refractivity contribution in [3.8, 4) is 0 Å². The molecule has 0 fully saturated rings. The molecule has 1 rings (SSSR count). The first-order chi connectivity index (χ1) is 8.99. The quantitative estimate of drug-likeness (QED) is 0.782. The summed E-state index contributed by atoms with van der Waals surface area (Å²) in [6, 6.07) is 6.63. The highest BCUT2D eigenvalue weighted by Gasteiger charge is 2.27. The van der Waals surface area contributed by atoms with Crippen LogP contribution >= 0.6 is 19.2 Å². The molecule has 1 amide bonds. The molecule has 106 valence electrons. The van der Waals surface area contributed by atoms with Gasteiger partial charge in [-0.05, 0) is 38.1 Å². The van der Waals surface area contributed by atoms with Crippen LogP contribution in [-0.2, 0) is 18.4 Å². The predicted molar refractivity (Wildman–Crippen MR) is 75.8 cm³/mol. The lowest BCUT2D eigenvalue weighted by atomic mass is 10.3. The third-order valence-electron chi connectivity index (χ3n) is 2.12. The van der Waals surface area contributed by atoms with Crippen molar-refractivity contribution >= 4 is 30.8 Å². The Bertz CT molecular complexity index is 453. The minimum atomic E-state index is -3.36. The number of carbonyl (C=O) groups is 1. The SMILES string of the molecule is CCOP(=O)(CC(=O)Nc1ccc(Cl)cc1)OCC. The third-order valence-corrected chi connectivity index (χ3v) is 4.35. The van der Waals surface area contributed by atoms with Crippen molar-refractivity contribution in [1.82, 2.24) is 0 Å². The summed E-state index contributed by atoms with van der Waals surface area (Å²) in [7, 11) is -3.36. The van der Waals surface area contributed by atoms with E-state index in [9.17, 15) is 9.36 Å². The van der Waals surface area contributed by atoms with E-state index in [1.165, 1.54) is 0 Å². The Hall–Kier alpha value is -0.870. The zero-order chi connectivity index (χ0) is 14.3. The largest absolute Gasteiger partial charge is 0.340 e. The average Bonchev–Trinajstić information content (AvgIpc) is 2.32. The number of halogens is 1. The molecule has 0 saturated heterocycles. The topological polar surface area (TPSA) is 64.6 Å². The summed E-state index contributed by atoms with van der Waals surface area (Å²) >= 11 is 5.74. The first-order valence-electron chi connectivity index (χ1n) is 5.92. The Morgan fingerprint density at radius 1 is 1.21 bits per heavy atom. The van der Waals surface area contributed by atoms with Crippen molar-refractivity contribution in [1.29, 1.82) is 0 Å². The van der Waals surface area contributed by atoms with Crippen LogP contribution in [0.2, 0.25) is 5.02 Å². The van der Waals surface area contributed by atoms with Gasteiger partial charge in [-0.2, -0.15) is 0 Å². The van der Waals surface area contributed by atoms with Crippen LogP contribution in [0.25, 0.3) is 0 Å². The maximum Gasteiger partial charge on any atom is 0.340 e. The Labute approximate surface area is 117 Å². The van der Waals surface area contributed by atoms with Gasteiger partial charge in [0.1, 0.15) is 6.16 Å². The smallest absolute Gasteiger partial charge is 0.326 e. The molecular weight excluding hydrogens is 289 g/mol. The fourth-order valence-corrected chi connectivity index (χ4v) is 3.03. The maximum absolute atomic E-state index is 12.1. The van der Waals surface area contributed by atoms with Crippen molar-refractivity contribution in [2.75, 3.05) is 24.7 Å². The van der Waals surface area contributed by atoms with Crippen molar-refractivity contribution in [2.24, 2.45) is 0 Å². The predicted octanol–water partition coefficient (Wildman–Crippen LogP) is 3.54. The summed E-state index contributed by atoms with van der Waals surface area (Å²) in [4.78, 5) is 11.8. The zero-order valence-electron chi connectivity index (χ0n) is 10.9. The number of hydrogen-bond acceptors (Lipinski definition) is 4. The fourth-order valence-electron chi connectivity index (χ4n) is 1.43. The minimum Gasteiger partial charge on any atom is -0.326 e. The van der Waals surface area contributed by atoms with Gasteiger partial charge in [-0.3, -0.25) is 9.36 Å². The summed E-state index contributed by atoms with van der Waals surface area (Å²) in [5, 5.41) is 3.19. The van der Waals surface area contributed by atoms with Gasteiger partial charge >= 0.3 is 7.60 Å². The molecule has 7 heteroatoms. The van der Waals surface area contributed by atoms with E-state index in [2.05, 4.69) is 5.32 Å². The molecule has 0 spiro atoms. The molecule has 0 heterocycles. The number of nitrogens with one attached hydrogen (secondary N) is 1. The second-order valence-electron chi connectivity index (χ2n) is 3.66. The van der Waals surface area contributed by atoms with Gasteiger partial charge in [0.05, 0.1) is 13.2 Å². The molecule has 0 radical (unpaired) electrons. The first kappa shape index (κ1) is 16.2. The Balaban J connectivity index is 2.62. The van der Waals surface area contributed by atoms with Crippen molar-refractivity contribution in [3.05, 3.63) is 29.3 Å². The van der Waals surface area contributed by atoms with Crippen LogP contribution < -0.4 is 5.32 Å². The molecule has 0 unspecified atom stereocenters. The fraction of sp³-hybridized carbons (Fsp3) is 0.417. The van der Waals surface area contributed by atoms with Crippen LogP contribution in [0.3, 0.4) is 0 Å². The van der Waals surface area contributed by atoms with E-state index in [0.29, 0.717) is 10.7 Å². The molecule has 0 aliphatic heterocycles. The molecule has 0 aromatic heterocycles. The van der Waals surface area contributed by atoms with Gasteiger partial charge in [0.2, 0.25) is 5.91 Å². The summed E-state index contributed by atoms with van der Waals surface area (Å²) < 4.78 is 22.2. The standard InChI is InChI=1S/C12H17ClNO4P/c1-3-17-19(16,18-4-2)9-12(15)14-11-7-5-10(13)6-8-11/h5-8H,3-4,9H2,1-2H3,(H,14,15). The lowest BCUT2D eigenvalue weighted by Crippen LogP contribution is -2.18. The second kappa shape index (κ2) is 7.65. The highest BCUT2D eigenvalue weighted by molar-refractivity contribution is 7.54. The van der Waals surface area contributed by atoms with E-state index >= 15 is 0 Å². The Kier molecular flexibility index (Phi) is 6.52. The van der Waals surface area contributed by atoms with E-state index in [0.717, 1.165) is 0 Å². The highest BCUT2D eigenvalue weighted by atomic mass is 35.5. The van der Waals surface area contributed by atoms with Gasteiger partial charge < -0.3 is 14.4 Å². The normalized spacial score (nSPS) is 11.3. The Morgan fingerprint density at radius 2 is 1.74 bits per heavy atom. The molecule has 19 heavy (non-hydrogen) atoms. The van der Waals surface area contributed by atoms with Crippen molar-refractivity contribution in [3.63, 3.8) is 0 Å². The summed E-state index contributed by atoms with van der Waals surface area (Å²) in [5.41, 5.74) is 0.578. The minimum absolute atomic E-state index is 0.228. The van der Waals surface area contributed by atoms with E-state index in [4.69, 9.17) is 20.6 Å². The van der Waals surface area contributed by atoms with Gasteiger partial charge in [0.25, 0.3) is 0 Å². The molecule has 0 aliphatic carbocycles. The number of rotatable bonds is 7. The van der Waals surface area contributed by atoms with Gasteiger partial charge in [0.15, 0.2) is 0 Å². The van der Waals surface area contributed by atoms with Crippen LogP contribution in [-0.4, -0.2) is 25.3 Å². The molecule has 1 aromatic carbocycles. The third kappa shape index (κ3) is 5.74. The number of anilines is 1. The summed E-state index contributed by atoms with van der Waals surface area (Å²) in [5.74, 6) is -0.424. The van der Waals surface area contributed by atoms with E-state index in [1.54, 1.807) is 38.1 Å². The Morgan fingerprint density at radius 3 is 2.21 bits per heavy atom. The molecule has 1 N–H and O–H groups in total. The summed E-state index contributed by atoms with van der Waals surface area (Å²) in [6.45, 7) is 3.85. The monoisotopic (exact) mass is 305 g/mol. The van der Waals surface area contributed by atoms with Gasteiger partial charge in [-0.25, -0.2) is 0 Å². The summed E-state index contributed by atoms with van der Waals surface area (Å²) in [6.07, 6.45) is -0.308. The molecule has 0 aliphatic rings. The molecule has 5 nitrogen and oxygen atoms in total. The number of hydrogen-bond donors (Lipinski definition) is 1. The van der Waals surface area contributed by atoms with Crippen molar-refractivity contribution < 1.29 is 18.4 Å². The lowest BCUT2D eigenvalue weighted by molar-refractivity contribution is -0.114. The molecule has 0 bridgehead atoms. The van der Waals surface area contributed by atoms with Crippen LogP contribution in [0.5, 0.6) is 0 Å². The zero-order valence-corrected chi connectivity index (χ0v) is 12.5. The van der Waals surface area contributed by atoms with E-state index < -0.39 is 13.5 Å². The van der Waals surface area contributed by atoms with E-state index in [-0.39, 0.29) is 19.4 Å². The maximum atomic E-state index is 12.1. The number of amides is 1. The first-order valence-corrected chi connectivity index (χ1v) is 8.03. The van der Waals surface area contributed by atoms with Crippen LogP contribution in [0, 0.1) is 0 Å². The molecule has 1 aromatic rings.